The minimum Gasteiger partial charge on any atom is -0.444 e. The highest BCUT2D eigenvalue weighted by atomic mass is 16.6. The molecule has 1 rings (SSSR count). The molecular weight excluding hydrogens is 226 g/mol. The van der Waals surface area contributed by atoms with Gasteiger partial charge in [0.15, 0.2) is 0 Å². The Bertz CT molecular complexity index is 466. The van der Waals surface area contributed by atoms with Crippen molar-refractivity contribution in [2.24, 2.45) is 0 Å². The van der Waals surface area contributed by atoms with E-state index in [4.69, 9.17) is 11.2 Å². The largest absolute Gasteiger partial charge is 0.444 e. The van der Waals surface area contributed by atoms with Gasteiger partial charge in [-0.2, -0.15) is 0 Å². The summed E-state index contributed by atoms with van der Waals surface area (Å²) < 4.78 is 5.20. The molecule has 0 fully saturated rings. The van der Waals surface area contributed by atoms with Crippen LogP contribution in [0.1, 0.15) is 44.9 Å². The van der Waals surface area contributed by atoms with E-state index >= 15 is 0 Å². The Kier molecular flexibility index (Phi) is 4.38. The lowest BCUT2D eigenvalue weighted by molar-refractivity contribution is 0.0508. The van der Waals surface area contributed by atoms with Gasteiger partial charge in [-0.15, -0.1) is 6.42 Å². The van der Waals surface area contributed by atoms with E-state index in [2.05, 4.69) is 11.2 Å². The standard InChI is InChI=1S/C15H19NO2/c1-6-12-8-7-9-13(10-12)11(2)16-14(17)18-15(3,4)5/h1,7-11H,2-5H3,(H,16,17). The summed E-state index contributed by atoms with van der Waals surface area (Å²) >= 11 is 0. The molecule has 0 bridgehead atoms. The molecule has 3 nitrogen and oxygen atoms in total. The van der Waals surface area contributed by atoms with Gasteiger partial charge in [0.05, 0.1) is 6.04 Å². The third kappa shape index (κ3) is 4.50. The fourth-order valence-corrected chi connectivity index (χ4v) is 1.47. The highest BCUT2D eigenvalue weighted by molar-refractivity contribution is 5.68. The second-order valence-corrected chi connectivity index (χ2v) is 5.14. The van der Waals surface area contributed by atoms with Gasteiger partial charge in [0, 0.05) is 5.56 Å². The summed E-state index contributed by atoms with van der Waals surface area (Å²) in [4.78, 5) is 11.6. The lowest BCUT2D eigenvalue weighted by Gasteiger charge is -2.22. The first-order valence-electron chi connectivity index (χ1n) is 5.88. The number of carbonyl (C=O) groups excluding carboxylic acids is 1. The molecule has 0 aliphatic carbocycles. The van der Waals surface area contributed by atoms with Crippen molar-refractivity contribution < 1.29 is 9.53 Å². The molecular formula is C15H19NO2. The zero-order valence-electron chi connectivity index (χ0n) is 11.3. The minimum atomic E-state index is -0.496. The van der Waals surface area contributed by atoms with Crippen LogP contribution in [0.15, 0.2) is 24.3 Å². The van der Waals surface area contributed by atoms with Crippen LogP contribution in [0.25, 0.3) is 0 Å². The van der Waals surface area contributed by atoms with Gasteiger partial charge in [-0.3, -0.25) is 0 Å². The van der Waals surface area contributed by atoms with E-state index in [1.807, 2.05) is 52.0 Å². The average Bonchev–Trinajstić information content (AvgIpc) is 2.26. The molecule has 1 atom stereocenters. The summed E-state index contributed by atoms with van der Waals surface area (Å²) in [5.41, 5.74) is 1.26. The van der Waals surface area contributed by atoms with Crippen molar-refractivity contribution in [1.29, 1.82) is 0 Å². The molecule has 0 saturated heterocycles. The summed E-state index contributed by atoms with van der Waals surface area (Å²) in [6.07, 6.45) is 4.91. The maximum atomic E-state index is 11.6. The van der Waals surface area contributed by atoms with Crippen molar-refractivity contribution in [3.05, 3.63) is 35.4 Å². The summed E-state index contributed by atoms with van der Waals surface area (Å²) in [5, 5.41) is 2.77. The fraction of sp³-hybridized carbons (Fsp3) is 0.400. The Morgan fingerprint density at radius 2 is 2.11 bits per heavy atom. The van der Waals surface area contributed by atoms with Crippen molar-refractivity contribution in [1.82, 2.24) is 5.32 Å². The number of alkyl carbamates (subject to hydrolysis) is 1. The van der Waals surface area contributed by atoms with Gasteiger partial charge in [-0.25, -0.2) is 4.79 Å². The maximum Gasteiger partial charge on any atom is 0.408 e. The number of amides is 1. The molecule has 18 heavy (non-hydrogen) atoms. The lowest BCUT2D eigenvalue weighted by atomic mass is 10.1. The highest BCUT2D eigenvalue weighted by Crippen LogP contribution is 2.15. The third-order valence-electron chi connectivity index (χ3n) is 2.29. The highest BCUT2D eigenvalue weighted by Gasteiger charge is 2.18. The number of terminal acetylenes is 1. The first kappa shape index (κ1) is 14.1. The zero-order chi connectivity index (χ0) is 13.8. The van der Waals surface area contributed by atoms with Crippen LogP contribution in [-0.2, 0) is 4.74 Å². The van der Waals surface area contributed by atoms with E-state index < -0.39 is 11.7 Å². The van der Waals surface area contributed by atoms with Crippen molar-refractivity contribution in [3.8, 4) is 12.3 Å². The predicted molar refractivity (Wildman–Crippen MR) is 72.2 cm³/mol. The summed E-state index contributed by atoms with van der Waals surface area (Å²) in [5.74, 6) is 2.57. The van der Waals surface area contributed by atoms with Crippen LogP contribution < -0.4 is 5.32 Å². The molecule has 0 saturated carbocycles. The number of hydrogen-bond donors (Lipinski definition) is 1. The van der Waals surface area contributed by atoms with Crippen LogP contribution in [0.3, 0.4) is 0 Å². The second kappa shape index (κ2) is 5.59. The molecule has 0 spiro atoms. The molecule has 0 aliphatic rings. The number of benzene rings is 1. The first-order chi connectivity index (χ1) is 8.31. The van der Waals surface area contributed by atoms with Crippen LogP contribution in [-0.4, -0.2) is 11.7 Å². The van der Waals surface area contributed by atoms with Gasteiger partial charge in [0.25, 0.3) is 0 Å². The van der Waals surface area contributed by atoms with Crippen LogP contribution in [0.2, 0.25) is 0 Å². The van der Waals surface area contributed by atoms with E-state index in [0.29, 0.717) is 0 Å². The molecule has 1 aromatic rings. The van der Waals surface area contributed by atoms with Crippen molar-refractivity contribution in [2.45, 2.75) is 39.3 Å². The number of carbonyl (C=O) groups is 1. The molecule has 1 amide bonds. The zero-order valence-corrected chi connectivity index (χ0v) is 11.3. The Hall–Kier alpha value is -1.95. The molecule has 0 heterocycles. The Morgan fingerprint density at radius 3 is 2.67 bits per heavy atom. The van der Waals surface area contributed by atoms with Gasteiger partial charge >= 0.3 is 6.09 Å². The smallest absolute Gasteiger partial charge is 0.408 e. The summed E-state index contributed by atoms with van der Waals surface area (Å²) in [6, 6.07) is 7.38. The van der Waals surface area contributed by atoms with E-state index in [1.54, 1.807) is 0 Å². The maximum absolute atomic E-state index is 11.6. The Labute approximate surface area is 109 Å². The third-order valence-corrected chi connectivity index (χ3v) is 2.29. The SMILES string of the molecule is C#Cc1cccc(C(C)NC(=O)OC(C)(C)C)c1. The molecule has 0 radical (unpaired) electrons. The topological polar surface area (TPSA) is 38.3 Å². The van der Waals surface area contributed by atoms with Crippen molar-refractivity contribution in [2.75, 3.05) is 0 Å². The van der Waals surface area contributed by atoms with Gasteiger partial charge in [-0.1, -0.05) is 18.1 Å². The molecule has 1 unspecified atom stereocenters. The number of nitrogens with one attached hydrogen (secondary N) is 1. The van der Waals surface area contributed by atoms with Crippen LogP contribution in [0.5, 0.6) is 0 Å². The minimum absolute atomic E-state index is 0.145. The van der Waals surface area contributed by atoms with E-state index in [-0.39, 0.29) is 6.04 Å². The Balaban J connectivity index is 2.68. The lowest BCUT2D eigenvalue weighted by Crippen LogP contribution is -2.34. The Morgan fingerprint density at radius 1 is 1.44 bits per heavy atom. The second-order valence-electron chi connectivity index (χ2n) is 5.14. The molecule has 1 aromatic carbocycles. The van der Waals surface area contributed by atoms with Crippen LogP contribution in [0.4, 0.5) is 4.79 Å². The van der Waals surface area contributed by atoms with Gasteiger partial charge < -0.3 is 10.1 Å². The van der Waals surface area contributed by atoms with Gasteiger partial charge in [0.2, 0.25) is 0 Å². The van der Waals surface area contributed by atoms with E-state index in [9.17, 15) is 4.79 Å². The van der Waals surface area contributed by atoms with E-state index in [0.717, 1.165) is 11.1 Å². The normalized spacial score (nSPS) is 12.4. The summed E-state index contributed by atoms with van der Waals surface area (Å²) in [7, 11) is 0. The van der Waals surface area contributed by atoms with Gasteiger partial charge in [0.1, 0.15) is 5.60 Å². The van der Waals surface area contributed by atoms with Crippen molar-refractivity contribution >= 4 is 6.09 Å². The first-order valence-corrected chi connectivity index (χ1v) is 5.88. The quantitative estimate of drug-likeness (QED) is 0.812. The number of hydrogen-bond acceptors (Lipinski definition) is 2. The molecule has 0 aliphatic heterocycles. The molecule has 0 aromatic heterocycles. The molecule has 1 N–H and O–H groups in total. The fourth-order valence-electron chi connectivity index (χ4n) is 1.47. The van der Waals surface area contributed by atoms with Crippen LogP contribution >= 0.6 is 0 Å². The molecule has 3 heteroatoms. The van der Waals surface area contributed by atoms with Crippen molar-refractivity contribution in [3.63, 3.8) is 0 Å². The predicted octanol–water partition coefficient (Wildman–Crippen LogP) is 3.25. The number of rotatable bonds is 2. The molecule has 96 valence electrons. The van der Waals surface area contributed by atoms with Gasteiger partial charge in [-0.05, 0) is 45.4 Å². The van der Waals surface area contributed by atoms with E-state index in [1.165, 1.54) is 0 Å². The van der Waals surface area contributed by atoms with Crippen LogP contribution in [0, 0.1) is 12.3 Å². The number of ether oxygens (including phenoxy) is 1. The average molecular weight is 245 g/mol. The monoisotopic (exact) mass is 245 g/mol. The summed E-state index contributed by atoms with van der Waals surface area (Å²) in [6.45, 7) is 7.38.